The first-order valence-electron chi connectivity index (χ1n) is 17.7. The van der Waals surface area contributed by atoms with Gasteiger partial charge in [-0.25, -0.2) is 17.9 Å². The van der Waals surface area contributed by atoms with Crippen molar-refractivity contribution >= 4 is 39.3 Å². The number of rotatable bonds is 1. The number of amides is 2. The molecule has 4 atom stereocenters. The number of carbonyl (C=O) groups excluding carboxylic acids is 2. The van der Waals surface area contributed by atoms with Crippen molar-refractivity contribution in [3.8, 4) is 5.75 Å². The quantitative estimate of drug-likeness (QED) is 0.415. The van der Waals surface area contributed by atoms with Gasteiger partial charge in [0.2, 0.25) is 0 Å². The van der Waals surface area contributed by atoms with E-state index in [9.17, 15) is 18.0 Å². The van der Waals surface area contributed by atoms with E-state index in [-0.39, 0.29) is 28.2 Å². The summed E-state index contributed by atoms with van der Waals surface area (Å²) in [6.07, 6.45) is 7.70. The third kappa shape index (κ3) is 6.71. The number of benzene rings is 2. The minimum absolute atomic E-state index is 0.00195. The molecule has 2 aromatic carbocycles. The number of likely N-dealkylation sites (N-methyl/N-ethyl adjacent to an activating group) is 1. The Hall–Kier alpha value is -3.32. The number of anilines is 1. The zero-order valence-electron chi connectivity index (χ0n) is 29.0. The SMILES string of the molecule is CN1CC=C[C@H](OC(=O)N2CCOCC2)[C@@H]2CC[C@H]2CN2C[C@@]3(CCCc4cc(Cl)ccc43)COc3ccc(cc32)S(=O)(=O)NC(=O)C1(C)C. The average Bonchev–Trinajstić information content (AvgIpc) is 3.23. The van der Waals surface area contributed by atoms with E-state index in [0.717, 1.165) is 32.1 Å². The average molecular weight is 727 g/mol. The molecule has 3 aliphatic heterocycles. The summed E-state index contributed by atoms with van der Waals surface area (Å²) >= 11 is 6.44. The third-order valence-corrected chi connectivity index (χ3v) is 13.2. The Morgan fingerprint density at radius 2 is 1.90 bits per heavy atom. The summed E-state index contributed by atoms with van der Waals surface area (Å²) in [4.78, 5) is 32.7. The van der Waals surface area contributed by atoms with Crippen molar-refractivity contribution in [2.45, 2.75) is 67.9 Å². The molecule has 2 bridgehead atoms. The molecule has 0 radical (unpaired) electrons. The molecule has 50 heavy (non-hydrogen) atoms. The van der Waals surface area contributed by atoms with Crippen LogP contribution in [0.4, 0.5) is 10.5 Å². The van der Waals surface area contributed by atoms with Crippen molar-refractivity contribution in [2.75, 3.05) is 64.5 Å². The number of carbonyl (C=O) groups is 2. The molecule has 270 valence electrons. The highest BCUT2D eigenvalue weighted by atomic mass is 35.5. The van der Waals surface area contributed by atoms with Crippen LogP contribution in [0.5, 0.6) is 5.75 Å². The third-order valence-electron chi connectivity index (χ3n) is 11.6. The highest BCUT2D eigenvalue weighted by Gasteiger charge is 2.45. The van der Waals surface area contributed by atoms with Crippen molar-refractivity contribution in [1.82, 2.24) is 14.5 Å². The molecule has 1 N–H and O–H groups in total. The molecule has 1 saturated heterocycles. The molecule has 2 amide bonds. The molecular weight excluding hydrogens is 680 g/mol. The lowest BCUT2D eigenvalue weighted by Crippen LogP contribution is -2.54. The van der Waals surface area contributed by atoms with Gasteiger partial charge in [-0.3, -0.25) is 9.69 Å². The van der Waals surface area contributed by atoms with Crippen molar-refractivity contribution in [1.29, 1.82) is 0 Å². The van der Waals surface area contributed by atoms with E-state index >= 15 is 0 Å². The van der Waals surface area contributed by atoms with Gasteiger partial charge in [-0.15, -0.1) is 0 Å². The van der Waals surface area contributed by atoms with Crippen LogP contribution in [0.1, 0.15) is 50.7 Å². The summed E-state index contributed by atoms with van der Waals surface area (Å²) in [5.74, 6) is 0.175. The maximum absolute atomic E-state index is 13.8. The molecule has 13 heteroatoms. The molecule has 2 fully saturated rings. The second-order valence-electron chi connectivity index (χ2n) is 15.0. The number of nitrogens with zero attached hydrogens (tertiary/aromatic N) is 3. The van der Waals surface area contributed by atoms with E-state index in [1.165, 1.54) is 17.2 Å². The fourth-order valence-corrected chi connectivity index (χ4v) is 9.39. The zero-order valence-corrected chi connectivity index (χ0v) is 30.6. The molecule has 3 heterocycles. The van der Waals surface area contributed by atoms with Gasteiger partial charge in [0.25, 0.3) is 15.9 Å². The summed E-state index contributed by atoms with van der Waals surface area (Å²) < 4.78 is 48.2. The normalized spacial score (nSPS) is 29.4. The second kappa shape index (κ2) is 13.7. The van der Waals surface area contributed by atoms with Crippen LogP contribution in [0.15, 0.2) is 53.4 Å². The topological polar surface area (TPSA) is 118 Å². The van der Waals surface area contributed by atoms with E-state index in [4.69, 9.17) is 25.8 Å². The van der Waals surface area contributed by atoms with Gasteiger partial charge < -0.3 is 24.0 Å². The van der Waals surface area contributed by atoms with Gasteiger partial charge in [-0.2, -0.15) is 0 Å². The fraction of sp³-hybridized carbons (Fsp3) is 0.568. The number of sulfonamides is 1. The lowest BCUT2D eigenvalue weighted by molar-refractivity contribution is -0.128. The van der Waals surface area contributed by atoms with E-state index < -0.39 is 27.6 Å². The number of ether oxygens (including phenoxy) is 3. The highest BCUT2D eigenvalue weighted by Crippen LogP contribution is 2.47. The number of morpholine rings is 1. The van der Waals surface area contributed by atoms with Crippen LogP contribution >= 0.6 is 11.6 Å². The van der Waals surface area contributed by atoms with Crippen molar-refractivity contribution in [2.24, 2.45) is 11.8 Å². The van der Waals surface area contributed by atoms with Crippen LogP contribution in [0.25, 0.3) is 0 Å². The van der Waals surface area contributed by atoms with Crippen molar-refractivity contribution < 1.29 is 32.2 Å². The summed E-state index contributed by atoms with van der Waals surface area (Å²) in [6, 6.07) is 11.0. The number of nitrogens with one attached hydrogen (secondary N) is 1. The Kier molecular flexibility index (Phi) is 9.59. The fourth-order valence-electron chi connectivity index (χ4n) is 8.06. The molecule has 0 aromatic heterocycles. The monoisotopic (exact) mass is 726 g/mol. The predicted octanol–water partition coefficient (Wildman–Crippen LogP) is 4.76. The summed E-state index contributed by atoms with van der Waals surface area (Å²) in [6.45, 7) is 7.32. The van der Waals surface area contributed by atoms with E-state index in [2.05, 4.69) is 21.8 Å². The van der Waals surface area contributed by atoms with Gasteiger partial charge >= 0.3 is 6.09 Å². The number of fused-ring (bicyclic) bond motifs is 4. The molecule has 7 rings (SSSR count). The van der Waals surface area contributed by atoms with Crippen molar-refractivity contribution in [3.05, 3.63) is 64.7 Å². The lowest BCUT2D eigenvalue weighted by Gasteiger charge is -2.46. The number of halogens is 1. The first-order valence-corrected chi connectivity index (χ1v) is 19.5. The second-order valence-corrected chi connectivity index (χ2v) is 17.1. The predicted molar refractivity (Wildman–Crippen MR) is 190 cm³/mol. The molecule has 2 aromatic rings. The lowest BCUT2D eigenvalue weighted by atomic mass is 9.68. The van der Waals surface area contributed by atoms with Crippen LogP contribution in [0.3, 0.4) is 0 Å². The maximum atomic E-state index is 13.8. The Labute approximate surface area is 299 Å². The van der Waals surface area contributed by atoms with E-state index in [1.807, 2.05) is 18.2 Å². The minimum atomic E-state index is -4.21. The Morgan fingerprint density at radius 3 is 2.66 bits per heavy atom. The number of hydrogen-bond donors (Lipinski definition) is 1. The largest absolute Gasteiger partial charge is 0.490 e. The van der Waals surface area contributed by atoms with Gasteiger partial charge in [0.1, 0.15) is 11.9 Å². The van der Waals surface area contributed by atoms with Gasteiger partial charge in [0.05, 0.1) is 35.9 Å². The zero-order chi connectivity index (χ0) is 35.3. The molecule has 1 spiro atoms. The van der Waals surface area contributed by atoms with Crippen LogP contribution in [-0.4, -0.2) is 101 Å². The van der Waals surface area contributed by atoms with E-state index in [1.54, 1.807) is 42.8 Å². The first-order chi connectivity index (χ1) is 23.9. The van der Waals surface area contributed by atoms with E-state index in [0.29, 0.717) is 69.0 Å². The summed E-state index contributed by atoms with van der Waals surface area (Å²) in [7, 11) is -2.44. The maximum Gasteiger partial charge on any atom is 0.410 e. The van der Waals surface area contributed by atoms with Gasteiger partial charge in [-0.05, 0) is 106 Å². The van der Waals surface area contributed by atoms with Crippen LogP contribution in [-0.2, 0) is 36.1 Å². The Morgan fingerprint density at radius 1 is 1.10 bits per heavy atom. The summed E-state index contributed by atoms with van der Waals surface area (Å²) in [5.41, 5.74) is 1.59. The molecular formula is C37H47ClN4O7S. The highest BCUT2D eigenvalue weighted by molar-refractivity contribution is 7.90. The van der Waals surface area contributed by atoms with Crippen LogP contribution < -0.4 is 14.4 Å². The van der Waals surface area contributed by atoms with Crippen molar-refractivity contribution in [3.63, 3.8) is 0 Å². The number of aryl methyl sites for hydroxylation is 1. The molecule has 11 nitrogen and oxygen atoms in total. The summed E-state index contributed by atoms with van der Waals surface area (Å²) in [5, 5.41) is 0.706. The van der Waals surface area contributed by atoms with Gasteiger partial charge in [-0.1, -0.05) is 23.7 Å². The Bertz CT molecular complexity index is 1780. The molecule has 5 aliphatic rings. The standard InChI is InChI=1S/C37H47ClN4O7S/c1-36(2)34(43)39-50(45,46)28-10-13-33-31(21-28)42(23-37(24-48-33)14-4-6-25-20-27(38)9-12-30(25)37)22-26-8-11-29(26)32(7-5-15-40(36)3)49-35(44)41-16-18-47-19-17-41/h5,7,9-10,12-13,20-21,26,29,32H,4,6,8,11,14-19,22-24H2,1-3H3,(H,39,43)/t26-,29+,32-,37-/m0/s1. The van der Waals surface area contributed by atoms with Crippen LogP contribution in [0.2, 0.25) is 5.02 Å². The Balaban J connectivity index is 1.29. The van der Waals surface area contributed by atoms with Gasteiger partial charge in [0.15, 0.2) is 0 Å². The number of hydrogen-bond acceptors (Lipinski definition) is 9. The van der Waals surface area contributed by atoms with Gasteiger partial charge in [0, 0.05) is 49.1 Å². The van der Waals surface area contributed by atoms with Crippen LogP contribution in [0, 0.1) is 11.8 Å². The molecule has 2 aliphatic carbocycles. The smallest absolute Gasteiger partial charge is 0.410 e. The first kappa shape index (κ1) is 35.1. The molecule has 1 saturated carbocycles. The minimum Gasteiger partial charge on any atom is -0.490 e. The molecule has 0 unspecified atom stereocenters.